The molecule has 128 valence electrons. The van der Waals surface area contributed by atoms with Gasteiger partial charge in [-0.3, -0.25) is 4.79 Å². The zero-order chi connectivity index (χ0) is 18.7. The van der Waals surface area contributed by atoms with E-state index in [1.165, 1.54) is 0 Å². The quantitative estimate of drug-likeness (QED) is 0.468. The fourth-order valence-electron chi connectivity index (χ4n) is 3.23. The number of para-hydroxylation sites is 1. The van der Waals surface area contributed by atoms with Gasteiger partial charge in [-0.1, -0.05) is 35.9 Å². The summed E-state index contributed by atoms with van der Waals surface area (Å²) in [6.07, 6.45) is 0. The second kappa shape index (κ2) is 7.36. The van der Waals surface area contributed by atoms with Gasteiger partial charge in [-0.25, -0.2) is 0 Å². The zero-order valence-corrected chi connectivity index (χ0v) is 15.7. The van der Waals surface area contributed by atoms with Crippen LogP contribution in [-0.2, 0) is 0 Å². The molecule has 0 aromatic heterocycles. The minimum absolute atomic E-state index is 0.151. The van der Waals surface area contributed by atoms with Gasteiger partial charge in [0.05, 0.1) is 0 Å². The molecule has 0 heterocycles. The summed E-state index contributed by atoms with van der Waals surface area (Å²) in [5.74, 6) is -0.228. The van der Waals surface area contributed by atoms with E-state index in [0.29, 0.717) is 11.3 Å². The third-order valence-corrected chi connectivity index (χ3v) is 4.41. The maximum absolute atomic E-state index is 13.0. The maximum atomic E-state index is 13.0. The molecule has 0 saturated carbocycles. The van der Waals surface area contributed by atoms with E-state index in [2.05, 4.69) is 11.4 Å². The van der Waals surface area contributed by atoms with Crippen molar-refractivity contribution in [3.8, 4) is 6.07 Å². The standard InChI is InChI=1S/C22H24N2O/c1-13-10-16(4)20(17(5)11-13)22(25)19(12-23)18(6)24-21-14(2)8-7-9-15(21)3/h7-11,24H,1-6H3. The molecular weight excluding hydrogens is 308 g/mol. The predicted molar refractivity (Wildman–Crippen MR) is 103 cm³/mol. The average molecular weight is 332 g/mol. The number of nitrogens with zero attached hydrogens (tertiary/aromatic N) is 1. The lowest BCUT2D eigenvalue weighted by atomic mass is 9.92. The monoisotopic (exact) mass is 332 g/mol. The van der Waals surface area contributed by atoms with Gasteiger partial charge in [-0.15, -0.1) is 0 Å². The van der Waals surface area contributed by atoms with Gasteiger partial charge in [0.2, 0.25) is 5.78 Å². The van der Waals surface area contributed by atoms with Crippen molar-refractivity contribution in [3.05, 3.63) is 75.0 Å². The highest BCUT2D eigenvalue weighted by molar-refractivity contribution is 6.13. The van der Waals surface area contributed by atoms with Crippen molar-refractivity contribution in [2.24, 2.45) is 0 Å². The highest BCUT2D eigenvalue weighted by atomic mass is 16.1. The number of carbonyl (C=O) groups is 1. The smallest absolute Gasteiger partial charge is 0.205 e. The number of benzene rings is 2. The second-order valence-corrected chi connectivity index (χ2v) is 6.61. The number of anilines is 1. The third kappa shape index (κ3) is 3.80. The fraction of sp³-hybridized carbons (Fsp3) is 0.273. The van der Waals surface area contributed by atoms with Crippen LogP contribution in [0.25, 0.3) is 0 Å². The highest BCUT2D eigenvalue weighted by Crippen LogP contribution is 2.25. The summed E-state index contributed by atoms with van der Waals surface area (Å²) < 4.78 is 0. The molecule has 0 bridgehead atoms. The van der Waals surface area contributed by atoms with Crippen LogP contribution in [-0.4, -0.2) is 5.78 Å². The Labute approximate surface area is 150 Å². The van der Waals surface area contributed by atoms with Crippen molar-refractivity contribution in [3.63, 3.8) is 0 Å². The maximum Gasteiger partial charge on any atom is 0.205 e. The van der Waals surface area contributed by atoms with Crippen molar-refractivity contribution < 1.29 is 4.79 Å². The zero-order valence-electron chi connectivity index (χ0n) is 15.7. The van der Waals surface area contributed by atoms with E-state index in [1.807, 2.05) is 65.0 Å². The SMILES string of the molecule is CC(Nc1c(C)cccc1C)=C(C#N)C(=O)c1c(C)cc(C)cc1C. The van der Waals surface area contributed by atoms with Crippen molar-refractivity contribution >= 4 is 11.5 Å². The summed E-state index contributed by atoms with van der Waals surface area (Å²) in [5.41, 5.74) is 7.34. The molecule has 0 saturated heterocycles. The lowest BCUT2D eigenvalue weighted by molar-refractivity contribution is 0.103. The van der Waals surface area contributed by atoms with Crippen molar-refractivity contribution in [1.29, 1.82) is 5.26 Å². The summed E-state index contributed by atoms with van der Waals surface area (Å²) in [7, 11) is 0. The first-order valence-corrected chi connectivity index (χ1v) is 8.33. The topological polar surface area (TPSA) is 52.9 Å². The van der Waals surface area contributed by atoms with Gasteiger partial charge in [0, 0.05) is 16.9 Å². The molecule has 0 fully saturated rings. The summed E-state index contributed by atoms with van der Waals surface area (Å²) >= 11 is 0. The lowest BCUT2D eigenvalue weighted by Gasteiger charge is -2.15. The molecule has 0 aliphatic heterocycles. The Bertz CT molecular complexity index is 871. The molecule has 0 unspecified atom stereocenters. The van der Waals surface area contributed by atoms with Crippen LogP contribution < -0.4 is 5.32 Å². The minimum atomic E-state index is -0.228. The number of carbonyl (C=O) groups excluding carboxylic acids is 1. The number of nitriles is 1. The molecule has 25 heavy (non-hydrogen) atoms. The number of hydrogen-bond acceptors (Lipinski definition) is 3. The number of aryl methyl sites for hydroxylation is 5. The molecule has 0 aliphatic carbocycles. The van der Waals surface area contributed by atoms with Gasteiger partial charge in [0.15, 0.2) is 0 Å². The van der Waals surface area contributed by atoms with E-state index in [1.54, 1.807) is 6.92 Å². The first kappa shape index (κ1) is 18.5. The minimum Gasteiger partial charge on any atom is -0.357 e. The molecule has 0 amide bonds. The Hall–Kier alpha value is -2.86. The Balaban J connectivity index is 2.50. The predicted octanol–water partition coefficient (Wildman–Crippen LogP) is 5.32. The van der Waals surface area contributed by atoms with Gasteiger partial charge in [-0.05, 0) is 63.8 Å². The molecular formula is C22H24N2O. The van der Waals surface area contributed by atoms with Crippen LogP contribution in [0.2, 0.25) is 0 Å². The van der Waals surface area contributed by atoms with Gasteiger partial charge in [0.25, 0.3) is 0 Å². The molecule has 3 nitrogen and oxygen atoms in total. The molecule has 2 aromatic carbocycles. The number of nitrogens with one attached hydrogen (secondary N) is 1. The van der Waals surface area contributed by atoms with Crippen LogP contribution >= 0.6 is 0 Å². The van der Waals surface area contributed by atoms with Crippen LogP contribution in [0.15, 0.2) is 41.6 Å². The van der Waals surface area contributed by atoms with E-state index in [9.17, 15) is 10.1 Å². The average Bonchev–Trinajstić information content (AvgIpc) is 2.50. The van der Waals surface area contributed by atoms with Gasteiger partial charge < -0.3 is 5.32 Å². The first-order chi connectivity index (χ1) is 11.8. The van der Waals surface area contributed by atoms with Crippen LogP contribution in [0, 0.1) is 45.9 Å². The molecule has 1 N–H and O–H groups in total. The van der Waals surface area contributed by atoms with E-state index in [-0.39, 0.29) is 11.4 Å². The van der Waals surface area contributed by atoms with Crippen LogP contribution in [0.4, 0.5) is 5.69 Å². The second-order valence-electron chi connectivity index (χ2n) is 6.61. The molecule has 0 atom stereocenters. The van der Waals surface area contributed by atoms with Crippen molar-refractivity contribution in [2.75, 3.05) is 5.32 Å². The molecule has 2 rings (SSSR count). The Morgan fingerprint density at radius 3 is 1.96 bits per heavy atom. The van der Waals surface area contributed by atoms with E-state index in [4.69, 9.17) is 0 Å². The molecule has 2 aromatic rings. The van der Waals surface area contributed by atoms with Gasteiger partial charge in [-0.2, -0.15) is 5.26 Å². The van der Waals surface area contributed by atoms with E-state index >= 15 is 0 Å². The van der Waals surface area contributed by atoms with E-state index < -0.39 is 0 Å². The first-order valence-electron chi connectivity index (χ1n) is 8.33. The number of Topliss-reactive ketones (excluding diaryl/α,β-unsaturated/α-hetero) is 1. The normalized spacial score (nSPS) is 11.6. The Kier molecular flexibility index (Phi) is 5.44. The molecule has 0 aliphatic rings. The third-order valence-electron chi connectivity index (χ3n) is 4.41. The van der Waals surface area contributed by atoms with Crippen molar-refractivity contribution in [1.82, 2.24) is 0 Å². The Morgan fingerprint density at radius 2 is 1.48 bits per heavy atom. The van der Waals surface area contributed by atoms with Crippen LogP contribution in [0.3, 0.4) is 0 Å². The van der Waals surface area contributed by atoms with Gasteiger partial charge >= 0.3 is 0 Å². The summed E-state index contributed by atoms with van der Waals surface area (Å²) in [4.78, 5) is 13.0. The van der Waals surface area contributed by atoms with E-state index in [0.717, 1.165) is 33.5 Å². The summed E-state index contributed by atoms with van der Waals surface area (Å²) in [6, 6.07) is 12.0. The number of allylic oxidation sites excluding steroid dienone is 2. The number of ketones is 1. The number of hydrogen-bond donors (Lipinski definition) is 1. The Morgan fingerprint density at radius 1 is 0.960 bits per heavy atom. The molecule has 0 radical (unpaired) electrons. The fourth-order valence-corrected chi connectivity index (χ4v) is 3.23. The molecule has 3 heteroatoms. The highest BCUT2D eigenvalue weighted by Gasteiger charge is 2.20. The molecule has 0 spiro atoms. The van der Waals surface area contributed by atoms with Crippen LogP contribution in [0.5, 0.6) is 0 Å². The van der Waals surface area contributed by atoms with Crippen molar-refractivity contribution in [2.45, 2.75) is 41.5 Å². The summed E-state index contributed by atoms with van der Waals surface area (Å²) in [6.45, 7) is 11.6. The summed E-state index contributed by atoms with van der Waals surface area (Å²) in [5, 5.41) is 12.9. The lowest BCUT2D eigenvalue weighted by Crippen LogP contribution is -2.12. The largest absolute Gasteiger partial charge is 0.357 e. The number of rotatable bonds is 4. The van der Waals surface area contributed by atoms with Crippen LogP contribution in [0.1, 0.15) is 45.1 Å². The van der Waals surface area contributed by atoms with Gasteiger partial charge in [0.1, 0.15) is 11.6 Å².